The van der Waals surface area contributed by atoms with Gasteiger partial charge in [0.25, 0.3) is 0 Å². The fraction of sp³-hybridized carbons (Fsp3) is 0.400. The Bertz CT molecular complexity index is 266. The number of ether oxygens (including phenoxy) is 1. The van der Waals surface area contributed by atoms with Gasteiger partial charge in [-0.1, -0.05) is 27.7 Å². The lowest BCUT2D eigenvalue weighted by molar-refractivity contribution is 0.296. The van der Waals surface area contributed by atoms with Crippen molar-refractivity contribution < 1.29 is 9.84 Å². The molecule has 2 nitrogen and oxygen atoms in total. The number of hydrogen-bond donors (Lipinski definition) is 1. The Morgan fingerprint density at radius 1 is 1.43 bits per heavy atom. The lowest BCUT2D eigenvalue weighted by Gasteiger charge is -2.02. The molecule has 0 saturated heterocycles. The first-order valence-corrected chi connectivity index (χ1v) is 6.73. The summed E-state index contributed by atoms with van der Waals surface area (Å²) in [6.45, 7) is 0.270. The van der Waals surface area contributed by atoms with Gasteiger partial charge < -0.3 is 9.84 Å². The van der Waals surface area contributed by atoms with Gasteiger partial charge in [0.15, 0.2) is 0 Å². The molecule has 0 spiro atoms. The number of benzene rings is 1. The van der Waals surface area contributed by atoms with Gasteiger partial charge in [-0.3, -0.25) is 0 Å². The van der Waals surface area contributed by atoms with E-state index in [0.717, 1.165) is 17.9 Å². The Kier molecular flexibility index (Phi) is 5.91. The second-order valence-corrected chi connectivity index (χ2v) is 5.15. The summed E-state index contributed by atoms with van der Waals surface area (Å²) < 4.78 is 5.12. The SMILES string of the molecule is COc1cccc(SSCCCO)c1. The van der Waals surface area contributed by atoms with E-state index in [9.17, 15) is 0 Å². The third kappa shape index (κ3) is 4.26. The molecule has 78 valence electrons. The van der Waals surface area contributed by atoms with E-state index in [4.69, 9.17) is 9.84 Å². The molecule has 0 aliphatic carbocycles. The van der Waals surface area contributed by atoms with Crippen LogP contribution >= 0.6 is 21.6 Å². The standard InChI is InChI=1S/C10H14O2S2/c1-12-9-4-2-5-10(8-9)14-13-7-3-6-11/h2,4-5,8,11H,3,6-7H2,1H3. The summed E-state index contributed by atoms with van der Waals surface area (Å²) >= 11 is 0. The van der Waals surface area contributed by atoms with Gasteiger partial charge in [-0.25, -0.2) is 0 Å². The molecule has 0 saturated carbocycles. The maximum Gasteiger partial charge on any atom is 0.120 e. The predicted octanol–water partition coefficient (Wildman–Crippen LogP) is 2.82. The van der Waals surface area contributed by atoms with Crippen LogP contribution in [0.5, 0.6) is 5.75 Å². The number of aliphatic hydroxyl groups excluding tert-OH is 1. The molecule has 0 atom stereocenters. The molecule has 0 aliphatic heterocycles. The zero-order chi connectivity index (χ0) is 10.2. The molecule has 1 aromatic carbocycles. The van der Waals surface area contributed by atoms with Crippen molar-refractivity contribution in [2.45, 2.75) is 11.3 Å². The Morgan fingerprint density at radius 3 is 3.00 bits per heavy atom. The quantitative estimate of drug-likeness (QED) is 0.601. The Morgan fingerprint density at radius 2 is 2.29 bits per heavy atom. The van der Waals surface area contributed by atoms with Crippen molar-refractivity contribution >= 4 is 21.6 Å². The van der Waals surface area contributed by atoms with Crippen molar-refractivity contribution in [1.82, 2.24) is 0 Å². The van der Waals surface area contributed by atoms with Crippen molar-refractivity contribution in [3.8, 4) is 5.75 Å². The van der Waals surface area contributed by atoms with Gasteiger partial charge in [0, 0.05) is 17.3 Å². The molecule has 1 aromatic rings. The molecular weight excluding hydrogens is 216 g/mol. The monoisotopic (exact) mass is 230 g/mol. The van der Waals surface area contributed by atoms with Gasteiger partial charge in [0.05, 0.1) is 7.11 Å². The first kappa shape index (κ1) is 11.8. The predicted molar refractivity (Wildman–Crippen MR) is 63.0 cm³/mol. The van der Waals surface area contributed by atoms with E-state index >= 15 is 0 Å². The van der Waals surface area contributed by atoms with Crippen LogP contribution in [0.1, 0.15) is 6.42 Å². The minimum Gasteiger partial charge on any atom is -0.497 e. The summed E-state index contributed by atoms with van der Waals surface area (Å²) in [5.74, 6) is 1.86. The third-order valence-electron chi connectivity index (χ3n) is 1.58. The van der Waals surface area contributed by atoms with Gasteiger partial charge in [-0.05, 0) is 24.6 Å². The molecule has 0 aliphatic rings. The molecule has 0 radical (unpaired) electrons. The van der Waals surface area contributed by atoms with Crippen molar-refractivity contribution in [2.75, 3.05) is 19.5 Å². The van der Waals surface area contributed by atoms with Crippen LogP contribution in [0.4, 0.5) is 0 Å². The summed E-state index contributed by atoms with van der Waals surface area (Å²) in [5.41, 5.74) is 0. The molecule has 0 bridgehead atoms. The largest absolute Gasteiger partial charge is 0.497 e. The lowest BCUT2D eigenvalue weighted by Crippen LogP contribution is -1.83. The second kappa shape index (κ2) is 7.04. The molecule has 0 unspecified atom stereocenters. The molecule has 0 heterocycles. The fourth-order valence-corrected chi connectivity index (χ4v) is 2.97. The highest BCUT2D eigenvalue weighted by Crippen LogP contribution is 2.32. The zero-order valence-electron chi connectivity index (χ0n) is 8.10. The molecular formula is C10H14O2S2. The van der Waals surface area contributed by atoms with Crippen LogP contribution in [0.25, 0.3) is 0 Å². The Balaban J connectivity index is 2.34. The van der Waals surface area contributed by atoms with Crippen molar-refractivity contribution in [1.29, 1.82) is 0 Å². The van der Waals surface area contributed by atoms with Crippen LogP contribution in [-0.4, -0.2) is 24.6 Å². The maximum atomic E-state index is 8.60. The summed E-state index contributed by atoms with van der Waals surface area (Å²) in [4.78, 5) is 1.19. The molecule has 1 N–H and O–H groups in total. The van der Waals surface area contributed by atoms with E-state index < -0.39 is 0 Å². The van der Waals surface area contributed by atoms with Crippen molar-refractivity contribution in [3.05, 3.63) is 24.3 Å². The Labute approximate surface area is 92.4 Å². The van der Waals surface area contributed by atoms with Crippen LogP contribution < -0.4 is 4.74 Å². The van der Waals surface area contributed by atoms with Crippen molar-refractivity contribution in [2.24, 2.45) is 0 Å². The minimum absolute atomic E-state index is 0.270. The van der Waals surface area contributed by atoms with Crippen LogP contribution in [0.2, 0.25) is 0 Å². The van der Waals surface area contributed by atoms with E-state index in [0.29, 0.717) is 0 Å². The van der Waals surface area contributed by atoms with Crippen LogP contribution in [0.15, 0.2) is 29.2 Å². The van der Waals surface area contributed by atoms with E-state index in [-0.39, 0.29) is 6.61 Å². The molecule has 14 heavy (non-hydrogen) atoms. The topological polar surface area (TPSA) is 29.5 Å². The molecule has 4 heteroatoms. The second-order valence-electron chi connectivity index (χ2n) is 2.66. The van der Waals surface area contributed by atoms with E-state index in [1.807, 2.05) is 18.2 Å². The smallest absolute Gasteiger partial charge is 0.120 e. The Hall–Kier alpha value is -0.320. The van der Waals surface area contributed by atoms with Gasteiger partial charge >= 0.3 is 0 Å². The zero-order valence-corrected chi connectivity index (χ0v) is 9.74. The van der Waals surface area contributed by atoms with E-state index in [1.54, 1.807) is 28.7 Å². The number of hydrogen-bond acceptors (Lipinski definition) is 4. The van der Waals surface area contributed by atoms with Crippen molar-refractivity contribution in [3.63, 3.8) is 0 Å². The van der Waals surface area contributed by atoms with Crippen LogP contribution in [0.3, 0.4) is 0 Å². The minimum atomic E-state index is 0.270. The third-order valence-corrected chi connectivity index (χ3v) is 4.03. The highest BCUT2D eigenvalue weighted by atomic mass is 33.1. The normalized spacial score (nSPS) is 10.1. The lowest BCUT2D eigenvalue weighted by atomic mass is 10.3. The summed E-state index contributed by atoms with van der Waals surface area (Å²) in [7, 11) is 5.14. The van der Waals surface area contributed by atoms with Gasteiger partial charge in [0.1, 0.15) is 5.75 Å². The summed E-state index contributed by atoms with van der Waals surface area (Å²) in [6.07, 6.45) is 0.849. The molecule has 0 amide bonds. The first-order valence-electron chi connectivity index (χ1n) is 4.41. The van der Waals surface area contributed by atoms with Crippen LogP contribution in [-0.2, 0) is 0 Å². The highest BCUT2D eigenvalue weighted by Gasteiger charge is 1.96. The highest BCUT2D eigenvalue weighted by molar-refractivity contribution is 8.76. The van der Waals surface area contributed by atoms with E-state index in [2.05, 4.69) is 6.07 Å². The molecule has 0 fully saturated rings. The number of rotatable bonds is 6. The van der Waals surface area contributed by atoms with Gasteiger partial charge in [-0.15, -0.1) is 0 Å². The molecule has 1 rings (SSSR count). The van der Waals surface area contributed by atoms with E-state index in [1.165, 1.54) is 4.90 Å². The fourth-order valence-electron chi connectivity index (χ4n) is 0.886. The first-order chi connectivity index (χ1) is 6.86. The average Bonchev–Trinajstić information content (AvgIpc) is 2.25. The van der Waals surface area contributed by atoms with Gasteiger partial charge in [-0.2, -0.15) is 0 Å². The average molecular weight is 230 g/mol. The van der Waals surface area contributed by atoms with Crippen LogP contribution in [0, 0.1) is 0 Å². The summed E-state index contributed by atoms with van der Waals surface area (Å²) in [5, 5.41) is 8.60. The summed E-state index contributed by atoms with van der Waals surface area (Å²) in [6, 6.07) is 7.98. The number of aliphatic hydroxyl groups is 1. The maximum absolute atomic E-state index is 8.60. The molecule has 0 aromatic heterocycles. The van der Waals surface area contributed by atoms with Gasteiger partial charge in [0.2, 0.25) is 0 Å². The number of methoxy groups -OCH3 is 1.